The summed E-state index contributed by atoms with van der Waals surface area (Å²) < 4.78 is 61.2. The number of ether oxygens (including phenoxy) is 1. The van der Waals surface area contributed by atoms with Gasteiger partial charge < -0.3 is 20.4 Å². The summed E-state index contributed by atoms with van der Waals surface area (Å²) in [5.74, 6) is -0.145. The molecular weight excluding hydrogens is 518 g/mol. The molecule has 2 fully saturated rings. The molecule has 2 saturated carbocycles. The fourth-order valence-corrected chi connectivity index (χ4v) is 5.04. The maximum absolute atomic E-state index is 14.6. The molecule has 0 saturated heterocycles. The number of hydrogen-bond donors (Lipinski definition) is 3. The van der Waals surface area contributed by atoms with Gasteiger partial charge in [-0.25, -0.2) is 14.4 Å². The summed E-state index contributed by atoms with van der Waals surface area (Å²) >= 11 is 0. The van der Waals surface area contributed by atoms with Crippen LogP contribution in [0.2, 0.25) is 0 Å². The first kappa shape index (κ1) is 26.9. The lowest BCUT2D eigenvalue weighted by molar-refractivity contribution is -0.137. The molecule has 3 N–H and O–H groups in total. The van der Waals surface area contributed by atoms with Gasteiger partial charge in [0.1, 0.15) is 29.5 Å². The Bertz CT molecular complexity index is 1400. The van der Waals surface area contributed by atoms with Crippen LogP contribution >= 0.6 is 0 Å². The van der Waals surface area contributed by atoms with Gasteiger partial charge in [-0.15, -0.1) is 0 Å². The number of H-pyrrole nitrogens is 1. The summed E-state index contributed by atoms with van der Waals surface area (Å²) in [7, 11) is 0. The second-order valence-corrected chi connectivity index (χ2v) is 10.3. The molecule has 12 heteroatoms. The maximum Gasteiger partial charge on any atom is 0.416 e. The van der Waals surface area contributed by atoms with Gasteiger partial charge in [-0.1, -0.05) is 0 Å². The van der Waals surface area contributed by atoms with Gasteiger partial charge in [-0.3, -0.25) is 9.59 Å². The number of amides is 2. The second-order valence-electron chi connectivity index (χ2n) is 10.3. The van der Waals surface area contributed by atoms with Crippen molar-refractivity contribution in [1.82, 2.24) is 25.6 Å². The Labute approximate surface area is 221 Å². The third-order valence-electron chi connectivity index (χ3n) is 7.23. The van der Waals surface area contributed by atoms with Gasteiger partial charge in [0.2, 0.25) is 5.91 Å². The number of nitrogens with zero attached hydrogens (tertiary/aromatic N) is 2. The van der Waals surface area contributed by atoms with E-state index in [9.17, 15) is 27.2 Å². The molecule has 0 radical (unpaired) electrons. The van der Waals surface area contributed by atoms with Crippen molar-refractivity contribution < 1.29 is 31.9 Å². The zero-order valence-electron chi connectivity index (χ0n) is 21.5. The van der Waals surface area contributed by atoms with Crippen molar-refractivity contribution in [1.29, 1.82) is 0 Å². The first-order valence-electron chi connectivity index (χ1n) is 12.9. The van der Waals surface area contributed by atoms with E-state index in [0.717, 1.165) is 25.0 Å². The highest BCUT2D eigenvalue weighted by Gasteiger charge is 2.34. The minimum Gasteiger partial charge on any atom is -0.493 e. The van der Waals surface area contributed by atoms with Crippen molar-refractivity contribution in [2.75, 3.05) is 6.61 Å². The minimum atomic E-state index is -4.57. The Morgan fingerprint density at radius 3 is 2.56 bits per heavy atom. The van der Waals surface area contributed by atoms with Gasteiger partial charge >= 0.3 is 6.18 Å². The Morgan fingerprint density at radius 1 is 1.13 bits per heavy atom. The fraction of sp³-hybridized carbons (Fsp3) is 0.481. The van der Waals surface area contributed by atoms with E-state index in [1.165, 1.54) is 19.3 Å². The first-order valence-corrected chi connectivity index (χ1v) is 12.9. The van der Waals surface area contributed by atoms with Gasteiger partial charge in [0.25, 0.3) is 5.91 Å². The number of aromatic nitrogens is 3. The largest absolute Gasteiger partial charge is 0.493 e. The zero-order valence-corrected chi connectivity index (χ0v) is 21.5. The number of aromatic amines is 1. The van der Waals surface area contributed by atoms with Gasteiger partial charge in [0.05, 0.1) is 29.3 Å². The summed E-state index contributed by atoms with van der Waals surface area (Å²) in [5, 5.41) is 5.45. The molecule has 5 rings (SSSR count). The predicted octanol–water partition coefficient (Wildman–Crippen LogP) is 4.87. The molecule has 3 aromatic rings. The zero-order chi connectivity index (χ0) is 27.9. The van der Waals surface area contributed by atoms with Crippen LogP contribution < -0.4 is 15.4 Å². The number of hydrogen-bond acceptors (Lipinski definition) is 5. The van der Waals surface area contributed by atoms with Crippen molar-refractivity contribution in [3.63, 3.8) is 0 Å². The Hall–Kier alpha value is -3.70. The monoisotopic (exact) mass is 547 g/mol. The lowest BCUT2D eigenvalue weighted by atomic mass is 9.89. The fourth-order valence-electron chi connectivity index (χ4n) is 5.04. The van der Waals surface area contributed by atoms with Crippen LogP contribution in [0, 0.1) is 12.8 Å². The van der Waals surface area contributed by atoms with Gasteiger partial charge in [0.15, 0.2) is 0 Å². The number of benzene rings is 1. The molecule has 0 spiro atoms. The predicted molar refractivity (Wildman–Crippen MR) is 135 cm³/mol. The van der Waals surface area contributed by atoms with Crippen LogP contribution in [-0.4, -0.2) is 51.6 Å². The number of fused-ring (bicyclic) bond motifs is 1. The second kappa shape index (κ2) is 10.5. The van der Waals surface area contributed by atoms with Gasteiger partial charge in [-0.2, -0.15) is 13.2 Å². The molecular formula is C27H29F4N5O3. The third kappa shape index (κ3) is 5.84. The van der Waals surface area contributed by atoms with E-state index in [4.69, 9.17) is 4.74 Å². The number of halogens is 4. The molecule has 0 aliphatic heterocycles. The van der Waals surface area contributed by atoms with Crippen molar-refractivity contribution in [3.05, 3.63) is 41.3 Å². The van der Waals surface area contributed by atoms with Crippen molar-refractivity contribution >= 4 is 22.8 Å². The molecule has 2 aliphatic carbocycles. The molecule has 2 amide bonds. The average molecular weight is 548 g/mol. The lowest BCUT2D eigenvalue weighted by Gasteiger charge is -2.32. The third-order valence-corrected chi connectivity index (χ3v) is 7.23. The van der Waals surface area contributed by atoms with E-state index in [1.54, 1.807) is 6.92 Å². The van der Waals surface area contributed by atoms with Crippen LogP contribution in [0.5, 0.6) is 5.75 Å². The molecule has 39 heavy (non-hydrogen) atoms. The highest BCUT2D eigenvalue weighted by Crippen LogP contribution is 2.40. The Morgan fingerprint density at radius 2 is 1.90 bits per heavy atom. The van der Waals surface area contributed by atoms with Crippen LogP contribution in [0.1, 0.15) is 60.6 Å². The number of aryl methyl sites for hydroxylation is 1. The number of carbonyl (C=O) groups excluding carboxylic acids is 2. The van der Waals surface area contributed by atoms with E-state index in [0.29, 0.717) is 36.6 Å². The minimum absolute atomic E-state index is 0.0459. The maximum atomic E-state index is 14.6. The quantitative estimate of drug-likeness (QED) is 0.366. The highest BCUT2D eigenvalue weighted by atomic mass is 19.4. The number of alkyl halides is 4. The number of rotatable bonds is 7. The summed E-state index contributed by atoms with van der Waals surface area (Å²) in [6.07, 6.45) is -1.75. The molecule has 2 heterocycles. The smallest absolute Gasteiger partial charge is 0.416 e. The van der Waals surface area contributed by atoms with E-state index >= 15 is 0 Å². The molecule has 0 unspecified atom stereocenters. The topological polar surface area (TPSA) is 109 Å². The van der Waals surface area contributed by atoms with Crippen LogP contribution in [0.4, 0.5) is 17.6 Å². The average Bonchev–Trinajstić information content (AvgIpc) is 3.63. The molecule has 0 bridgehead atoms. The van der Waals surface area contributed by atoms with Gasteiger partial charge in [0, 0.05) is 30.6 Å². The molecule has 208 valence electrons. The van der Waals surface area contributed by atoms with E-state index in [1.807, 2.05) is 0 Å². The lowest BCUT2D eigenvalue weighted by Crippen LogP contribution is -2.49. The van der Waals surface area contributed by atoms with Crippen molar-refractivity contribution in [2.45, 2.75) is 70.4 Å². The molecule has 1 aromatic carbocycles. The SMILES string of the molecule is CC(=O)N[C@@H]1CC[C@@H](NC(=O)c2c(C)[nH]c3c(-c4cc(C(F)(F)F)ccc4OCC4CC4)ncnc23)C[C@H]1F. The molecule has 2 aromatic heterocycles. The van der Waals surface area contributed by atoms with Crippen LogP contribution in [0.3, 0.4) is 0 Å². The Kier molecular flexibility index (Phi) is 7.21. The van der Waals surface area contributed by atoms with E-state index in [-0.39, 0.29) is 40.4 Å². The van der Waals surface area contributed by atoms with Crippen molar-refractivity contribution in [3.8, 4) is 17.0 Å². The number of carbonyl (C=O) groups is 2. The molecule has 3 atom stereocenters. The molecule has 2 aliphatic rings. The summed E-state index contributed by atoms with van der Waals surface area (Å²) in [6, 6.07) is 2.22. The summed E-state index contributed by atoms with van der Waals surface area (Å²) in [5.41, 5.74) is 0.667. The normalized spacial score (nSPS) is 21.5. The van der Waals surface area contributed by atoms with Crippen LogP contribution in [0.15, 0.2) is 24.5 Å². The highest BCUT2D eigenvalue weighted by molar-refractivity contribution is 6.09. The van der Waals surface area contributed by atoms with Crippen LogP contribution in [0.25, 0.3) is 22.3 Å². The summed E-state index contributed by atoms with van der Waals surface area (Å²) in [6.45, 7) is 3.38. The van der Waals surface area contributed by atoms with Crippen LogP contribution in [-0.2, 0) is 11.0 Å². The van der Waals surface area contributed by atoms with Gasteiger partial charge in [-0.05, 0) is 56.7 Å². The van der Waals surface area contributed by atoms with E-state index in [2.05, 4.69) is 25.6 Å². The Balaban J connectivity index is 1.45. The van der Waals surface area contributed by atoms with E-state index < -0.39 is 35.9 Å². The van der Waals surface area contributed by atoms with Crippen molar-refractivity contribution in [2.24, 2.45) is 5.92 Å². The standard InChI is InChI=1S/C27H29F4N5O3/c1-13-22(26(38)36-17-6-7-20(19(28)10-17)35-14(2)37)24-25(34-13)23(32-12-33-24)18-9-16(27(29,30)31)5-8-21(18)39-11-15-3-4-15/h5,8-9,12,15,17,19-20,34H,3-4,6-7,10-11H2,1-2H3,(H,35,37)(H,36,38)/t17-,19-,20-/m1/s1. The molecule has 8 nitrogen and oxygen atoms in total. The number of nitrogens with one attached hydrogen (secondary N) is 3. The summed E-state index contributed by atoms with van der Waals surface area (Å²) in [4.78, 5) is 36.2. The first-order chi connectivity index (χ1) is 18.5.